The third-order valence-electron chi connectivity index (χ3n) is 4.70. The number of nitrogens with zero attached hydrogens (tertiary/aromatic N) is 1. The minimum Gasteiger partial charge on any atom is -0.381 e. The Balaban J connectivity index is 1.37. The second kappa shape index (κ2) is 6.84. The number of likely N-dealkylation sites (tertiary alicyclic amines) is 1. The van der Waals surface area contributed by atoms with E-state index in [4.69, 9.17) is 9.47 Å². The van der Waals surface area contributed by atoms with Gasteiger partial charge in [0.15, 0.2) is 0 Å². The third-order valence-corrected chi connectivity index (χ3v) is 6.28. The maximum atomic E-state index is 12.2. The Morgan fingerprint density at radius 3 is 2.86 bits per heavy atom. The molecule has 1 amide bonds. The van der Waals surface area contributed by atoms with Gasteiger partial charge in [-0.3, -0.25) is 9.18 Å². The molecule has 21 heavy (non-hydrogen) atoms. The quantitative estimate of drug-likeness (QED) is 0.776. The first-order chi connectivity index (χ1) is 10.2. The lowest BCUT2D eigenvalue weighted by molar-refractivity contribution is -0.137. The Morgan fingerprint density at radius 2 is 2.14 bits per heavy atom. The number of alkyl halides is 1. The number of ether oxygens (including phenoxy) is 2. The highest BCUT2D eigenvalue weighted by Gasteiger charge is 2.50. The summed E-state index contributed by atoms with van der Waals surface area (Å²) in [5, 5.41) is 0. The van der Waals surface area contributed by atoms with E-state index in [1.165, 1.54) is 0 Å². The van der Waals surface area contributed by atoms with Gasteiger partial charge in [0.2, 0.25) is 5.91 Å². The minimum atomic E-state index is -0.549. The van der Waals surface area contributed by atoms with Gasteiger partial charge in [-0.2, -0.15) is 0 Å². The molecule has 0 aliphatic carbocycles. The molecule has 3 aliphatic heterocycles. The van der Waals surface area contributed by atoms with E-state index < -0.39 is 6.67 Å². The van der Waals surface area contributed by atoms with Crippen LogP contribution in [0.1, 0.15) is 25.7 Å². The van der Waals surface area contributed by atoms with E-state index in [2.05, 4.69) is 0 Å². The molecule has 0 radical (unpaired) electrons. The summed E-state index contributed by atoms with van der Waals surface area (Å²) in [7, 11) is 0. The van der Waals surface area contributed by atoms with Crippen LogP contribution in [0.25, 0.3) is 0 Å². The van der Waals surface area contributed by atoms with Gasteiger partial charge < -0.3 is 14.4 Å². The highest BCUT2D eigenvalue weighted by molar-refractivity contribution is 8.01. The summed E-state index contributed by atoms with van der Waals surface area (Å²) in [5.74, 6) is 1.62. The molecule has 4 nitrogen and oxygen atoms in total. The molecule has 0 aromatic carbocycles. The van der Waals surface area contributed by atoms with Gasteiger partial charge in [-0.05, 0) is 25.2 Å². The largest absolute Gasteiger partial charge is 0.381 e. The first kappa shape index (κ1) is 15.6. The van der Waals surface area contributed by atoms with Crippen LogP contribution in [0.5, 0.6) is 0 Å². The molecule has 0 aromatic heterocycles. The van der Waals surface area contributed by atoms with Crippen molar-refractivity contribution in [3.63, 3.8) is 0 Å². The molecule has 0 bridgehead atoms. The maximum absolute atomic E-state index is 12.2. The number of carbonyl (C=O) groups excluding carboxylic acids is 1. The van der Waals surface area contributed by atoms with Gasteiger partial charge >= 0.3 is 0 Å². The second-order valence-electron chi connectivity index (χ2n) is 6.40. The normalized spacial score (nSPS) is 28.8. The molecule has 1 unspecified atom stereocenters. The van der Waals surface area contributed by atoms with E-state index in [0.29, 0.717) is 12.0 Å². The van der Waals surface area contributed by atoms with E-state index in [1.54, 1.807) is 4.90 Å². The summed E-state index contributed by atoms with van der Waals surface area (Å²) in [6.07, 6.45) is 3.59. The van der Waals surface area contributed by atoms with Gasteiger partial charge in [0, 0.05) is 38.7 Å². The standard InChI is InChI=1S/C15H24FNO3S/c16-4-1-14(18)17-10-15(11-17)7-13(9-21-15)20-8-12-2-5-19-6-3-12/h12-13H,1-11H2. The predicted molar refractivity (Wildman–Crippen MR) is 80.3 cm³/mol. The van der Waals surface area contributed by atoms with Crippen molar-refractivity contribution in [3.05, 3.63) is 0 Å². The summed E-state index contributed by atoms with van der Waals surface area (Å²) in [6.45, 7) is 3.56. The summed E-state index contributed by atoms with van der Waals surface area (Å²) in [4.78, 5) is 13.4. The monoisotopic (exact) mass is 317 g/mol. The summed E-state index contributed by atoms with van der Waals surface area (Å²) in [6, 6.07) is 0. The molecule has 3 rings (SSSR count). The van der Waals surface area contributed by atoms with Crippen LogP contribution in [0, 0.1) is 5.92 Å². The molecule has 0 saturated carbocycles. The van der Waals surface area contributed by atoms with E-state index in [9.17, 15) is 9.18 Å². The number of halogens is 1. The zero-order valence-electron chi connectivity index (χ0n) is 12.4. The van der Waals surface area contributed by atoms with Gasteiger partial charge in [0.25, 0.3) is 0 Å². The van der Waals surface area contributed by atoms with Crippen molar-refractivity contribution in [1.82, 2.24) is 4.90 Å². The van der Waals surface area contributed by atoms with Crippen molar-refractivity contribution in [2.24, 2.45) is 5.92 Å². The molecular formula is C15H24FNO3S. The van der Waals surface area contributed by atoms with E-state index in [-0.39, 0.29) is 17.1 Å². The minimum absolute atomic E-state index is 0.0322. The van der Waals surface area contributed by atoms with Crippen molar-refractivity contribution in [2.75, 3.05) is 45.3 Å². The Kier molecular flexibility index (Phi) is 5.07. The fourth-order valence-electron chi connectivity index (χ4n) is 3.38. The van der Waals surface area contributed by atoms with Gasteiger partial charge in [-0.15, -0.1) is 11.8 Å². The molecule has 1 atom stereocenters. The van der Waals surface area contributed by atoms with Crippen molar-refractivity contribution in [1.29, 1.82) is 0 Å². The first-order valence-electron chi connectivity index (χ1n) is 7.88. The molecule has 0 aromatic rings. The van der Waals surface area contributed by atoms with Crippen molar-refractivity contribution in [2.45, 2.75) is 36.5 Å². The molecule has 3 heterocycles. The van der Waals surface area contributed by atoms with Crippen LogP contribution in [0.15, 0.2) is 0 Å². The number of carbonyl (C=O) groups is 1. The van der Waals surface area contributed by atoms with Crippen molar-refractivity contribution in [3.8, 4) is 0 Å². The third kappa shape index (κ3) is 3.71. The van der Waals surface area contributed by atoms with Crippen LogP contribution in [-0.4, -0.2) is 67.0 Å². The predicted octanol–water partition coefficient (Wildman–Crippen LogP) is 1.88. The van der Waals surface area contributed by atoms with Crippen LogP contribution in [0.3, 0.4) is 0 Å². The molecular weight excluding hydrogens is 293 g/mol. The zero-order valence-corrected chi connectivity index (χ0v) is 13.2. The molecule has 3 fully saturated rings. The van der Waals surface area contributed by atoms with Crippen LogP contribution in [0.4, 0.5) is 4.39 Å². The fourth-order valence-corrected chi connectivity index (χ4v) is 4.93. The second-order valence-corrected chi connectivity index (χ2v) is 7.89. The van der Waals surface area contributed by atoms with Crippen LogP contribution < -0.4 is 0 Å². The Bertz CT molecular complexity index is 370. The number of rotatable bonds is 5. The van der Waals surface area contributed by atoms with E-state index in [1.807, 2.05) is 11.8 Å². The average Bonchev–Trinajstić information content (AvgIpc) is 2.89. The Hall–Kier alpha value is -0.330. The SMILES string of the molecule is O=C(CCF)N1CC2(CC(OCC3CCOCC3)CS2)C1. The lowest BCUT2D eigenvalue weighted by Crippen LogP contribution is -2.60. The van der Waals surface area contributed by atoms with Gasteiger partial charge in [0.05, 0.1) is 23.9 Å². The topological polar surface area (TPSA) is 38.8 Å². The molecule has 120 valence electrons. The van der Waals surface area contributed by atoms with Gasteiger partial charge in [-0.1, -0.05) is 0 Å². The van der Waals surface area contributed by atoms with Gasteiger partial charge in [0.1, 0.15) is 0 Å². The highest BCUT2D eigenvalue weighted by atomic mass is 32.2. The molecule has 1 spiro atoms. The van der Waals surface area contributed by atoms with E-state index in [0.717, 1.165) is 57.9 Å². The summed E-state index contributed by atoms with van der Waals surface area (Å²) in [5.41, 5.74) is 0. The summed E-state index contributed by atoms with van der Waals surface area (Å²) >= 11 is 1.93. The smallest absolute Gasteiger partial charge is 0.225 e. The summed E-state index contributed by atoms with van der Waals surface area (Å²) < 4.78 is 23.8. The molecule has 3 saturated heterocycles. The fraction of sp³-hybridized carbons (Fsp3) is 0.933. The first-order valence-corrected chi connectivity index (χ1v) is 8.86. The highest BCUT2D eigenvalue weighted by Crippen LogP contribution is 2.46. The maximum Gasteiger partial charge on any atom is 0.225 e. The van der Waals surface area contributed by atoms with Gasteiger partial charge in [-0.25, -0.2) is 0 Å². The molecule has 0 N–H and O–H groups in total. The number of hydrogen-bond acceptors (Lipinski definition) is 4. The van der Waals surface area contributed by atoms with Crippen LogP contribution >= 0.6 is 11.8 Å². The van der Waals surface area contributed by atoms with Crippen molar-refractivity contribution >= 4 is 17.7 Å². The number of hydrogen-bond donors (Lipinski definition) is 0. The molecule has 3 aliphatic rings. The van der Waals surface area contributed by atoms with E-state index >= 15 is 0 Å². The Labute approximate surface area is 129 Å². The molecule has 6 heteroatoms. The number of amides is 1. The van der Waals surface area contributed by atoms with Crippen LogP contribution in [-0.2, 0) is 14.3 Å². The zero-order chi connectivity index (χ0) is 14.7. The van der Waals surface area contributed by atoms with Crippen molar-refractivity contribution < 1.29 is 18.7 Å². The lowest BCUT2D eigenvalue weighted by Gasteiger charge is -2.47. The number of thioether (sulfide) groups is 1. The van der Waals surface area contributed by atoms with Crippen LogP contribution in [0.2, 0.25) is 0 Å². The Morgan fingerprint density at radius 1 is 1.38 bits per heavy atom. The average molecular weight is 317 g/mol. The lowest BCUT2D eigenvalue weighted by atomic mass is 9.92.